The zero-order valence-corrected chi connectivity index (χ0v) is 39.7. The summed E-state index contributed by atoms with van der Waals surface area (Å²) in [5.74, 6) is -11.6. The van der Waals surface area contributed by atoms with Crippen LogP contribution < -0.4 is 59.7 Å². The molecule has 0 aliphatic carbocycles. The maximum atomic E-state index is 13.7. The van der Waals surface area contributed by atoms with Crippen molar-refractivity contribution in [2.45, 2.75) is 141 Å². The molecule has 0 unspecified atom stereocenters. The smallest absolute Gasteiger partial charge is 0.326 e. The third kappa shape index (κ3) is 21.0. The first kappa shape index (κ1) is 60.3. The van der Waals surface area contributed by atoms with Gasteiger partial charge in [-0.2, -0.15) is 0 Å². The number of carbonyl (C=O) groups excluding carboxylic acids is 9. The van der Waals surface area contributed by atoms with Crippen molar-refractivity contribution in [3.63, 3.8) is 0 Å². The number of carboxylic acid groups (broad SMARTS) is 2. The second-order valence-electron chi connectivity index (χ2n) is 17.0. The number of carboxylic acids is 2. The minimum atomic E-state index is -1.79. The topological polar surface area (TPSA) is 459 Å². The molecule has 10 atom stereocenters. The summed E-state index contributed by atoms with van der Waals surface area (Å²) in [6.07, 6.45) is 0.357. The van der Waals surface area contributed by atoms with Crippen molar-refractivity contribution in [2.75, 3.05) is 32.8 Å². The number of guanidine groups is 1. The molecule has 28 heteroatoms. The van der Waals surface area contributed by atoms with Gasteiger partial charge in [-0.3, -0.25) is 52.9 Å². The molecule has 69 heavy (non-hydrogen) atoms. The van der Waals surface area contributed by atoms with Gasteiger partial charge in [0.15, 0.2) is 5.96 Å². The Morgan fingerprint density at radius 1 is 0.696 bits per heavy atom. The average molecular weight is 986 g/mol. The van der Waals surface area contributed by atoms with Crippen molar-refractivity contribution in [3.8, 4) is 0 Å². The Labute approximate surface area is 398 Å². The second-order valence-corrected chi connectivity index (χ2v) is 17.0. The van der Waals surface area contributed by atoms with Crippen LogP contribution in [0.2, 0.25) is 0 Å². The lowest BCUT2D eigenvalue weighted by Gasteiger charge is -2.29. The second kappa shape index (κ2) is 29.9. The van der Waals surface area contributed by atoms with E-state index in [1.165, 1.54) is 18.7 Å². The van der Waals surface area contributed by atoms with Crippen LogP contribution in [-0.2, 0) is 52.7 Å². The van der Waals surface area contributed by atoms with Gasteiger partial charge in [-0.25, -0.2) is 4.79 Å². The van der Waals surface area contributed by atoms with E-state index in [1.54, 1.807) is 27.7 Å². The Kier molecular flexibility index (Phi) is 26.2. The molecule has 390 valence electrons. The SMILES string of the molecule is CC[C@H](C)[C@H](NC(=O)[C@H](CO)NC(=O)CNC(=O)[C@H](CC(C)C)NC(=O)[C@@H]1CCCN1C(=O)[C@H](C)NC(=O)[C@H](CCCN=C(N)N)NC(=O)[C@@H](N)CO)C(=O)N[C@@H](C)C(=O)N[C@@H](CC(=O)O)C(=O)O. The van der Waals surface area contributed by atoms with E-state index in [2.05, 4.69) is 42.2 Å². The van der Waals surface area contributed by atoms with Crippen LogP contribution in [0.1, 0.15) is 86.5 Å². The Balaban J connectivity index is 3.00. The summed E-state index contributed by atoms with van der Waals surface area (Å²) < 4.78 is 0. The van der Waals surface area contributed by atoms with E-state index in [1.807, 2.05) is 5.32 Å². The van der Waals surface area contributed by atoms with Crippen LogP contribution >= 0.6 is 0 Å². The number of carbonyl (C=O) groups is 11. The quantitative estimate of drug-likeness (QED) is 0.0181. The van der Waals surface area contributed by atoms with Crippen molar-refractivity contribution < 1.29 is 73.2 Å². The lowest BCUT2D eigenvalue weighted by molar-refractivity contribution is -0.147. The zero-order valence-electron chi connectivity index (χ0n) is 39.7. The number of hydrogen-bond donors (Lipinski definition) is 15. The van der Waals surface area contributed by atoms with E-state index in [9.17, 15) is 68.1 Å². The molecule has 1 fully saturated rings. The first-order chi connectivity index (χ1) is 32.3. The highest BCUT2D eigenvalue weighted by Gasteiger charge is 2.39. The van der Waals surface area contributed by atoms with Crippen LogP contribution in [0.4, 0.5) is 0 Å². The maximum Gasteiger partial charge on any atom is 0.326 e. The van der Waals surface area contributed by atoms with Crippen molar-refractivity contribution in [1.82, 2.24) is 47.4 Å². The van der Waals surface area contributed by atoms with E-state index in [0.717, 1.165) is 0 Å². The summed E-state index contributed by atoms with van der Waals surface area (Å²) in [4.78, 5) is 146. The minimum absolute atomic E-state index is 0.0327. The highest BCUT2D eigenvalue weighted by Crippen LogP contribution is 2.20. The molecule has 28 nitrogen and oxygen atoms in total. The molecule has 0 saturated carbocycles. The lowest BCUT2D eigenvalue weighted by Crippen LogP contribution is -2.60. The molecule has 1 heterocycles. The van der Waals surface area contributed by atoms with E-state index in [0.29, 0.717) is 12.8 Å². The molecule has 0 aromatic carbocycles. The molecule has 1 saturated heterocycles. The molecule has 1 aliphatic heterocycles. The molecule has 0 aromatic heterocycles. The van der Waals surface area contributed by atoms with Crippen molar-refractivity contribution in [2.24, 2.45) is 34.0 Å². The highest BCUT2D eigenvalue weighted by molar-refractivity contribution is 5.98. The molecule has 0 bridgehead atoms. The number of aliphatic hydroxyl groups excluding tert-OH is 2. The van der Waals surface area contributed by atoms with Crippen LogP contribution in [-0.4, -0.2) is 184 Å². The van der Waals surface area contributed by atoms with Crippen LogP contribution in [0.25, 0.3) is 0 Å². The number of likely N-dealkylation sites (tertiary alicyclic amines) is 1. The summed E-state index contributed by atoms with van der Waals surface area (Å²) in [5.41, 5.74) is 16.3. The summed E-state index contributed by atoms with van der Waals surface area (Å²) >= 11 is 0. The van der Waals surface area contributed by atoms with Gasteiger partial charge in [0.05, 0.1) is 26.2 Å². The summed E-state index contributed by atoms with van der Waals surface area (Å²) in [5, 5.41) is 56.5. The number of aliphatic hydroxyl groups is 2. The van der Waals surface area contributed by atoms with Crippen molar-refractivity contribution in [3.05, 3.63) is 0 Å². The van der Waals surface area contributed by atoms with Gasteiger partial charge >= 0.3 is 11.9 Å². The van der Waals surface area contributed by atoms with Crippen LogP contribution in [0.3, 0.4) is 0 Å². The standard InChI is InChI=1S/C41H71N13O15/c1-7-20(4)31(38(66)47-21(5)32(60)52-26(40(68)69)15-30(58)59)53-36(64)27(18-56)49-29(57)16-46-34(62)25(14-19(2)3)51-37(65)28-11-9-13-54(28)39(67)22(6)48-35(63)24(10-8-12-45-41(43)44)50-33(61)23(42)17-55/h19-28,31,55-56H,7-18,42H2,1-6H3,(H,46,62)(H,47,66)(H,48,63)(H,49,57)(H,50,61)(H,51,65)(H,52,60)(H,53,64)(H,58,59)(H,68,69)(H4,43,44,45)/t20-,21-,22-,23-,24-,25-,26-,27-,28-,31-/m0/s1. The van der Waals surface area contributed by atoms with Gasteiger partial charge in [0, 0.05) is 13.1 Å². The fourth-order valence-corrected chi connectivity index (χ4v) is 6.76. The number of nitrogens with two attached hydrogens (primary N) is 3. The number of hydrogen-bond acceptors (Lipinski definition) is 15. The van der Waals surface area contributed by atoms with E-state index in [-0.39, 0.29) is 50.7 Å². The van der Waals surface area contributed by atoms with E-state index >= 15 is 0 Å². The normalized spacial score (nSPS) is 17.1. The molecule has 18 N–H and O–H groups in total. The molecule has 0 radical (unpaired) electrons. The lowest BCUT2D eigenvalue weighted by atomic mass is 9.97. The Morgan fingerprint density at radius 2 is 1.30 bits per heavy atom. The average Bonchev–Trinajstić information content (AvgIpc) is 3.78. The van der Waals surface area contributed by atoms with Gasteiger partial charge in [-0.1, -0.05) is 34.1 Å². The Bertz CT molecular complexity index is 1860. The number of aliphatic imine (C=N–C) groups is 1. The molecule has 0 spiro atoms. The highest BCUT2D eigenvalue weighted by atomic mass is 16.4. The molecular weight excluding hydrogens is 915 g/mol. The number of nitrogens with one attached hydrogen (secondary N) is 8. The molecular formula is C41H71N13O15. The zero-order chi connectivity index (χ0) is 52.7. The third-order valence-corrected chi connectivity index (χ3v) is 10.8. The van der Waals surface area contributed by atoms with Crippen molar-refractivity contribution in [1.29, 1.82) is 0 Å². The Hall–Kier alpha value is -6.68. The first-order valence-electron chi connectivity index (χ1n) is 22.4. The predicted octanol–water partition coefficient (Wildman–Crippen LogP) is -6.46. The largest absolute Gasteiger partial charge is 0.481 e. The summed E-state index contributed by atoms with van der Waals surface area (Å²) in [6, 6.07) is -12.1. The molecule has 1 aliphatic rings. The predicted molar refractivity (Wildman–Crippen MR) is 243 cm³/mol. The third-order valence-electron chi connectivity index (χ3n) is 10.8. The number of nitrogens with zero attached hydrogens (tertiary/aromatic N) is 2. The minimum Gasteiger partial charge on any atom is -0.481 e. The number of rotatable bonds is 30. The first-order valence-corrected chi connectivity index (χ1v) is 22.4. The van der Waals surface area contributed by atoms with Crippen molar-refractivity contribution >= 4 is 71.1 Å². The maximum absolute atomic E-state index is 13.7. The Morgan fingerprint density at radius 3 is 1.86 bits per heavy atom. The fraction of sp³-hybridized carbons (Fsp3) is 0.707. The molecule has 1 rings (SSSR count). The van der Waals surface area contributed by atoms with Crippen LogP contribution in [0.15, 0.2) is 4.99 Å². The number of amides is 9. The monoisotopic (exact) mass is 986 g/mol. The van der Waals surface area contributed by atoms with Gasteiger partial charge in [0.2, 0.25) is 53.2 Å². The summed E-state index contributed by atoms with van der Waals surface area (Å²) in [6.45, 7) is 7.27. The van der Waals surface area contributed by atoms with Gasteiger partial charge in [-0.15, -0.1) is 0 Å². The fourth-order valence-electron chi connectivity index (χ4n) is 6.76. The van der Waals surface area contributed by atoms with Gasteiger partial charge in [0.1, 0.15) is 54.4 Å². The molecule has 9 amide bonds. The van der Waals surface area contributed by atoms with E-state index in [4.69, 9.17) is 22.3 Å². The molecule has 0 aromatic rings. The van der Waals surface area contributed by atoms with Gasteiger partial charge < -0.3 is 85.1 Å². The summed E-state index contributed by atoms with van der Waals surface area (Å²) in [7, 11) is 0. The van der Waals surface area contributed by atoms with Gasteiger partial charge in [-0.05, 0) is 57.8 Å². The number of aliphatic carboxylic acids is 2. The van der Waals surface area contributed by atoms with Crippen LogP contribution in [0, 0.1) is 11.8 Å². The van der Waals surface area contributed by atoms with Crippen LogP contribution in [0.5, 0.6) is 0 Å². The van der Waals surface area contributed by atoms with E-state index < -0.39 is 152 Å². The van der Waals surface area contributed by atoms with Gasteiger partial charge in [0.25, 0.3) is 0 Å².